The van der Waals surface area contributed by atoms with Gasteiger partial charge in [0.05, 0.1) is 6.61 Å². The average molecular weight is 142 g/mol. The molecule has 10 heavy (non-hydrogen) atoms. The molecule has 0 bridgehead atoms. The van der Waals surface area contributed by atoms with Gasteiger partial charge in [-0.3, -0.25) is 10.2 Å². The van der Waals surface area contributed by atoms with Gasteiger partial charge < -0.3 is 5.11 Å². The molecule has 2 unspecified atom stereocenters. The monoisotopic (exact) mass is 142 g/mol. The highest BCUT2D eigenvalue weighted by Gasteiger charge is 2.26. The average Bonchev–Trinajstić information content (AvgIpc) is 2.20. The molecule has 58 valence electrons. The topological polar surface area (TPSA) is 35.5 Å². The lowest BCUT2D eigenvalue weighted by Gasteiger charge is -2.18. The van der Waals surface area contributed by atoms with E-state index in [1.807, 2.05) is 4.90 Å². The molecule has 1 aliphatic heterocycles. The van der Waals surface area contributed by atoms with Gasteiger partial charge in [-0.1, -0.05) is 0 Å². The molecule has 2 N–H and O–H groups in total. The summed E-state index contributed by atoms with van der Waals surface area (Å²) in [7, 11) is 0. The van der Waals surface area contributed by atoms with Crippen LogP contribution in [0.25, 0.3) is 0 Å². The van der Waals surface area contributed by atoms with E-state index in [4.69, 9.17) is 5.11 Å². The molecular formula is C7H14N2O. The van der Waals surface area contributed by atoms with E-state index in [2.05, 4.69) is 25.8 Å². The van der Waals surface area contributed by atoms with Crippen molar-refractivity contribution in [3.8, 4) is 0 Å². The first-order valence-electron chi connectivity index (χ1n) is 3.64. The minimum Gasteiger partial charge on any atom is -0.395 e. The molecule has 1 heterocycles. The Morgan fingerprint density at radius 1 is 1.60 bits per heavy atom. The van der Waals surface area contributed by atoms with Crippen LogP contribution >= 0.6 is 0 Å². The van der Waals surface area contributed by atoms with Gasteiger partial charge in [0.25, 0.3) is 0 Å². The molecule has 0 aliphatic carbocycles. The molecule has 0 saturated carbocycles. The quantitative estimate of drug-likeness (QED) is 0.553. The zero-order valence-corrected chi connectivity index (χ0v) is 6.46. The molecule has 0 aromatic rings. The summed E-state index contributed by atoms with van der Waals surface area (Å²) in [5.41, 5.74) is 0. The number of nitrogens with zero attached hydrogens (tertiary/aromatic N) is 1. The van der Waals surface area contributed by atoms with Crippen molar-refractivity contribution in [2.45, 2.75) is 25.9 Å². The van der Waals surface area contributed by atoms with Crippen LogP contribution in [0.5, 0.6) is 0 Å². The number of aliphatic hydroxyl groups excluding tert-OH is 1. The molecule has 1 fully saturated rings. The predicted octanol–water partition coefficient (Wildman–Crippen LogP) is -0.343. The molecule has 3 heteroatoms. The number of hydrogen-bond acceptors (Lipinski definition) is 3. The second-order valence-electron chi connectivity index (χ2n) is 2.70. The highest BCUT2D eigenvalue weighted by atomic mass is 16.3. The lowest BCUT2D eigenvalue weighted by molar-refractivity contribution is 0.207. The van der Waals surface area contributed by atoms with Crippen molar-refractivity contribution in [2.24, 2.45) is 0 Å². The van der Waals surface area contributed by atoms with Gasteiger partial charge in [0.15, 0.2) is 0 Å². The molecule has 0 spiro atoms. The summed E-state index contributed by atoms with van der Waals surface area (Å²) in [6.07, 6.45) is 0. The summed E-state index contributed by atoms with van der Waals surface area (Å²) in [5, 5.41) is 11.7. The van der Waals surface area contributed by atoms with Crippen molar-refractivity contribution in [1.29, 1.82) is 0 Å². The molecule has 3 nitrogen and oxygen atoms in total. The largest absolute Gasteiger partial charge is 0.395 e. The van der Waals surface area contributed by atoms with Crippen molar-refractivity contribution in [3.63, 3.8) is 0 Å². The maximum absolute atomic E-state index is 8.62. The van der Waals surface area contributed by atoms with E-state index < -0.39 is 0 Å². The number of aliphatic hydroxyl groups is 1. The molecule has 2 radical (unpaired) electrons. The Balaban J connectivity index is 2.33. The lowest BCUT2D eigenvalue weighted by atomic mass is 10.2. The Morgan fingerprint density at radius 3 is 2.70 bits per heavy atom. The van der Waals surface area contributed by atoms with E-state index in [1.54, 1.807) is 0 Å². The molecule has 1 saturated heterocycles. The summed E-state index contributed by atoms with van der Waals surface area (Å²) in [6, 6.07) is 0.902. The minimum absolute atomic E-state index is 0.200. The third-order valence-electron chi connectivity index (χ3n) is 1.99. The summed E-state index contributed by atoms with van der Waals surface area (Å²) >= 11 is 0. The molecular weight excluding hydrogens is 128 g/mol. The zero-order valence-electron chi connectivity index (χ0n) is 6.46. The maximum atomic E-state index is 8.62. The number of rotatable bonds is 2. The molecule has 1 aliphatic rings. The van der Waals surface area contributed by atoms with Crippen LogP contribution < -0.4 is 5.32 Å². The highest BCUT2D eigenvalue weighted by Crippen LogP contribution is 2.11. The lowest BCUT2D eigenvalue weighted by Crippen LogP contribution is -2.32. The van der Waals surface area contributed by atoms with Gasteiger partial charge in [-0.15, -0.1) is 0 Å². The number of β-amino-alcohol motifs (C(OH)–C–C–N with tert-alkyl or cyclic N) is 1. The summed E-state index contributed by atoms with van der Waals surface area (Å²) < 4.78 is 0. The Bertz CT molecular complexity index is 106. The van der Waals surface area contributed by atoms with Crippen molar-refractivity contribution in [1.82, 2.24) is 10.2 Å². The van der Waals surface area contributed by atoms with Crippen molar-refractivity contribution < 1.29 is 5.11 Å². The Morgan fingerprint density at radius 2 is 2.30 bits per heavy atom. The van der Waals surface area contributed by atoms with Crippen molar-refractivity contribution in [2.75, 3.05) is 13.2 Å². The standard InChI is InChI=1S/C7H14N2O/c1-6-7(2)9(3-4-10)5-8-6/h6-8,10H,3-4H2,1-2H3. The molecule has 0 aromatic heterocycles. The number of nitrogens with one attached hydrogen (secondary N) is 1. The van der Waals surface area contributed by atoms with E-state index >= 15 is 0 Å². The third-order valence-corrected chi connectivity index (χ3v) is 1.99. The Hall–Kier alpha value is -0.120. The van der Waals surface area contributed by atoms with E-state index in [0.29, 0.717) is 18.6 Å². The predicted molar refractivity (Wildman–Crippen MR) is 39.1 cm³/mol. The van der Waals surface area contributed by atoms with E-state index in [9.17, 15) is 0 Å². The van der Waals surface area contributed by atoms with Crippen LogP contribution in [0.2, 0.25) is 0 Å². The van der Waals surface area contributed by atoms with Gasteiger partial charge in [-0.05, 0) is 13.8 Å². The SMILES string of the molecule is CC1N[C]N(CCO)C1C. The fraction of sp³-hybridized carbons (Fsp3) is 0.857. The van der Waals surface area contributed by atoms with Gasteiger partial charge in [-0.25, -0.2) is 0 Å². The van der Waals surface area contributed by atoms with Crippen molar-refractivity contribution >= 4 is 0 Å². The van der Waals surface area contributed by atoms with Crippen LogP contribution in [-0.4, -0.2) is 35.2 Å². The molecule has 0 amide bonds. The second-order valence-corrected chi connectivity index (χ2v) is 2.70. The molecule has 2 atom stereocenters. The first-order chi connectivity index (χ1) is 4.75. The highest BCUT2D eigenvalue weighted by molar-refractivity contribution is 4.90. The summed E-state index contributed by atoms with van der Waals surface area (Å²) in [5.74, 6) is 0. The third kappa shape index (κ3) is 1.48. The minimum atomic E-state index is 0.200. The maximum Gasteiger partial charge on any atom is 0.144 e. The van der Waals surface area contributed by atoms with Gasteiger partial charge in [-0.2, -0.15) is 0 Å². The van der Waals surface area contributed by atoms with Crippen LogP contribution in [0.3, 0.4) is 0 Å². The van der Waals surface area contributed by atoms with E-state index in [-0.39, 0.29) is 6.61 Å². The molecule has 1 rings (SSSR count). The van der Waals surface area contributed by atoms with E-state index in [1.165, 1.54) is 0 Å². The molecule has 0 aromatic carbocycles. The smallest absolute Gasteiger partial charge is 0.144 e. The fourth-order valence-corrected chi connectivity index (χ4v) is 1.04. The van der Waals surface area contributed by atoms with Gasteiger partial charge in [0.2, 0.25) is 0 Å². The first-order valence-corrected chi connectivity index (χ1v) is 3.64. The Kier molecular flexibility index (Phi) is 2.65. The zero-order chi connectivity index (χ0) is 7.56. The Labute approximate surface area is 62.0 Å². The van der Waals surface area contributed by atoms with Crippen LogP contribution in [0, 0.1) is 6.67 Å². The second kappa shape index (κ2) is 3.32. The van der Waals surface area contributed by atoms with Crippen LogP contribution in [0.4, 0.5) is 0 Å². The van der Waals surface area contributed by atoms with Crippen LogP contribution in [0.1, 0.15) is 13.8 Å². The van der Waals surface area contributed by atoms with Gasteiger partial charge in [0, 0.05) is 18.6 Å². The van der Waals surface area contributed by atoms with Gasteiger partial charge >= 0.3 is 0 Å². The summed E-state index contributed by atoms with van der Waals surface area (Å²) in [4.78, 5) is 1.99. The number of hydrogen-bond donors (Lipinski definition) is 2. The van der Waals surface area contributed by atoms with Gasteiger partial charge in [0.1, 0.15) is 6.67 Å². The van der Waals surface area contributed by atoms with Crippen LogP contribution in [-0.2, 0) is 0 Å². The van der Waals surface area contributed by atoms with Crippen molar-refractivity contribution in [3.05, 3.63) is 6.67 Å². The normalized spacial score (nSPS) is 35.1. The summed E-state index contributed by atoms with van der Waals surface area (Å²) in [6.45, 7) is 8.08. The van der Waals surface area contributed by atoms with Crippen LogP contribution in [0.15, 0.2) is 0 Å². The first kappa shape index (κ1) is 7.98. The van der Waals surface area contributed by atoms with E-state index in [0.717, 1.165) is 0 Å². The fourth-order valence-electron chi connectivity index (χ4n) is 1.04.